The molecule has 8 aromatic carbocycles. The highest BCUT2D eigenvalue weighted by Crippen LogP contribution is 2.42. The first-order valence-electron chi connectivity index (χ1n) is 18.2. The summed E-state index contributed by atoms with van der Waals surface area (Å²) in [7, 11) is 0. The summed E-state index contributed by atoms with van der Waals surface area (Å²) in [6.45, 7) is 0. The maximum atomic E-state index is 9.52. The highest BCUT2D eigenvalue weighted by molar-refractivity contribution is 6.14. The van der Waals surface area contributed by atoms with E-state index in [0.29, 0.717) is 22.3 Å². The molecule has 0 saturated carbocycles. The van der Waals surface area contributed by atoms with Crippen LogP contribution in [0.4, 0.5) is 34.1 Å². The second-order valence-corrected chi connectivity index (χ2v) is 13.6. The van der Waals surface area contributed by atoms with Crippen LogP contribution in [0, 0.1) is 45.3 Å². The van der Waals surface area contributed by atoms with Crippen molar-refractivity contribution in [1.29, 1.82) is 21.0 Å². The van der Waals surface area contributed by atoms with Gasteiger partial charge in [-0.1, -0.05) is 30.3 Å². The average Bonchev–Trinajstić information content (AvgIpc) is 3.59. The summed E-state index contributed by atoms with van der Waals surface area (Å²) in [5.74, 6) is 0. The van der Waals surface area contributed by atoms with Crippen LogP contribution in [-0.4, -0.2) is 4.57 Å². The Bertz CT molecular complexity index is 3020. The molecule has 1 aromatic heterocycles. The van der Waals surface area contributed by atoms with Crippen LogP contribution < -0.4 is 9.80 Å². The average molecular weight is 728 g/mol. The Morgan fingerprint density at radius 2 is 0.737 bits per heavy atom. The summed E-state index contributed by atoms with van der Waals surface area (Å²) in [6, 6.07) is 66.6. The Labute approximate surface area is 329 Å². The van der Waals surface area contributed by atoms with Gasteiger partial charge in [0.2, 0.25) is 0 Å². The molecular weight excluding hydrogens is 699 g/mol. The van der Waals surface area contributed by atoms with Gasteiger partial charge in [0.05, 0.1) is 57.6 Å². The zero-order valence-corrected chi connectivity index (χ0v) is 30.4. The fraction of sp³-hybridized carbons (Fsp3) is 0. The van der Waals surface area contributed by atoms with Gasteiger partial charge in [-0.3, -0.25) is 0 Å². The first kappa shape index (κ1) is 34.2. The number of aromatic nitrogens is 1. The van der Waals surface area contributed by atoms with Crippen molar-refractivity contribution in [3.63, 3.8) is 0 Å². The number of para-hydroxylation sites is 1. The van der Waals surface area contributed by atoms with E-state index in [2.05, 4.69) is 99.3 Å². The Morgan fingerprint density at radius 3 is 1.19 bits per heavy atom. The predicted molar refractivity (Wildman–Crippen MR) is 227 cm³/mol. The molecule has 1 heterocycles. The van der Waals surface area contributed by atoms with Crippen LogP contribution >= 0.6 is 0 Å². The highest BCUT2D eigenvalue weighted by Gasteiger charge is 2.20. The van der Waals surface area contributed by atoms with E-state index in [9.17, 15) is 21.0 Å². The van der Waals surface area contributed by atoms with E-state index in [-0.39, 0.29) is 0 Å². The van der Waals surface area contributed by atoms with Gasteiger partial charge < -0.3 is 14.4 Å². The third kappa shape index (κ3) is 6.21. The number of hydrogen-bond donors (Lipinski definition) is 0. The van der Waals surface area contributed by atoms with Gasteiger partial charge in [-0.2, -0.15) is 21.0 Å². The van der Waals surface area contributed by atoms with Crippen molar-refractivity contribution in [1.82, 2.24) is 4.57 Å². The number of anilines is 6. The second-order valence-electron chi connectivity index (χ2n) is 13.6. The molecule has 57 heavy (non-hydrogen) atoms. The van der Waals surface area contributed by atoms with E-state index in [1.165, 1.54) is 0 Å². The maximum Gasteiger partial charge on any atom is 0.0991 e. The predicted octanol–water partition coefficient (Wildman–Crippen LogP) is 12.4. The van der Waals surface area contributed by atoms with Crippen molar-refractivity contribution in [3.05, 3.63) is 198 Å². The summed E-state index contributed by atoms with van der Waals surface area (Å²) in [6.07, 6.45) is 0. The van der Waals surface area contributed by atoms with Gasteiger partial charge in [-0.05, 0) is 156 Å². The molecule has 0 fully saturated rings. The molecule has 9 rings (SSSR count). The van der Waals surface area contributed by atoms with Gasteiger partial charge in [0.15, 0.2) is 0 Å². The van der Waals surface area contributed by atoms with Crippen molar-refractivity contribution >= 4 is 66.7 Å². The zero-order chi connectivity index (χ0) is 38.9. The minimum absolute atomic E-state index is 0.574. The Kier molecular flexibility index (Phi) is 8.58. The molecule has 0 radical (unpaired) electrons. The van der Waals surface area contributed by atoms with Crippen LogP contribution in [0.3, 0.4) is 0 Å². The minimum Gasteiger partial charge on any atom is -0.310 e. The van der Waals surface area contributed by atoms with Crippen molar-refractivity contribution in [2.45, 2.75) is 0 Å². The molecule has 0 aliphatic carbocycles. The van der Waals surface area contributed by atoms with Crippen molar-refractivity contribution < 1.29 is 0 Å². The quantitative estimate of drug-likeness (QED) is 0.162. The van der Waals surface area contributed by atoms with Crippen molar-refractivity contribution in [2.24, 2.45) is 0 Å². The van der Waals surface area contributed by atoms with Crippen LogP contribution in [0.2, 0.25) is 0 Å². The van der Waals surface area contributed by atoms with Gasteiger partial charge in [0.25, 0.3) is 0 Å². The lowest BCUT2D eigenvalue weighted by molar-refractivity contribution is 1.18. The number of nitriles is 4. The number of rotatable bonds is 7. The van der Waals surface area contributed by atoms with Gasteiger partial charge >= 0.3 is 0 Å². The molecule has 264 valence electrons. The molecule has 0 spiro atoms. The van der Waals surface area contributed by atoms with Gasteiger partial charge in [-0.25, -0.2) is 0 Å². The number of nitrogens with zero attached hydrogens (tertiary/aromatic N) is 7. The maximum absolute atomic E-state index is 9.52. The smallest absolute Gasteiger partial charge is 0.0991 e. The lowest BCUT2D eigenvalue weighted by Gasteiger charge is -2.26. The molecule has 0 amide bonds. The molecule has 9 aromatic rings. The van der Waals surface area contributed by atoms with E-state index in [1.807, 2.05) is 115 Å². The summed E-state index contributed by atoms with van der Waals surface area (Å²) in [5, 5.41) is 42.3. The number of hydrogen-bond acceptors (Lipinski definition) is 6. The molecular formula is C50H29N7. The van der Waals surface area contributed by atoms with Crippen molar-refractivity contribution in [2.75, 3.05) is 9.80 Å². The van der Waals surface area contributed by atoms with Crippen LogP contribution in [0.5, 0.6) is 0 Å². The molecule has 0 aliphatic heterocycles. The topological polar surface area (TPSA) is 107 Å². The van der Waals surface area contributed by atoms with Gasteiger partial charge in [0, 0.05) is 50.6 Å². The zero-order valence-electron chi connectivity index (χ0n) is 30.4. The van der Waals surface area contributed by atoms with E-state index in [1.54, 1.807) is 0 Å². The first-order valence-corrected chi connectivity index (χ1v) is 18.2. The number of benzene rings is 8. The second kappa shape index (κ2) is 14.3. The fourth-order valence-corrected chi connectivity index (χ4v) is 7.50. The number of fused-ring (bicyclic) bond motifs is 4. The molecule has 0 saturated heterocycles. The van der Waals surface area contributed by atoms with E-state index >= 15 is 0 Å². The van der Waals surface area contributed by atoms with E-state index in [0.717, 1.165) is 72.4 Å². The summed E-state index contributed by atoms with van der Waals surface area (Å²) in [4.78, 5) is 4.27. The molecule has 0 aliphatic rings. The Hall–Kier alpha value is -8.62. The van der Waals surface area contributed by atoms with Crippen molar-refractivity contribution in [3.8, 4) is 30.0 Å². The van der Waals surface area contributed by atoms with E-state index in [4.69, 9.17) is 0 Å². The van der Waals surface area contributed by atoms with Gasteiger partial charge in [0.1, 0.15) is 0 Å². The van der Waals surface area contributed by atoms with Gasteiger partial charge in [-0.15, -0.1) is 0 Å². The standard InChI is InChI=1S/C50H29N7/c51-30-34-6-15-41(16-7-34)55(42-17-8-35(31-52)9-18-42)45-23-14-38-27-48-47-25-24-46(29-50(47)57(40-4-2-1-3-5-40)49(48)28-39(38)26-45)56(43-19-10-36(32-53)11-20-43)44-21-12-37(33-54)13-22-44/h1-29H. The van der Waals surface area contributed by atoms with Crippen LogP contribution in [0.1, 0.15) is 22.3 Å². The Balaban J connectivity index is 1.25. The lowest BCUT2D eigenvalue weighted by atomic mass is 10.0. The summed E-state index contributed by atoms with van der Waals surface area (Å²) in [5.41, 5.74) is 10.8. The highest BCUT2D eigenvalue weighted by atomic mass is 15.1. The van der Waals surface area contributed by atoms with E-state index < -0.39 is 0 Å². The third-order valence-corrected chi connectivity index (χ3v) is 10.2. The minimum atomic E-state index is 0.574. The third-order valence-electron chi connectivity index (χ3n) is 10.2. The van der Waals surface area contributed by atoms with Crippen LogP contribution in [-0.2, 0) is 0 Å². The molecule has 0 unspecified atom stereocenters. The van der Waals surface area contributed by atoms with Crippen LogP contribution in [0.25, 0.3) is 38.3 Å². The fourth-order valence-electron chi connectivity index (χ4n) is 7.50. The monoisotopic (exact) mass is 727 g/mol. The Morgan fingerprint density at radius 1 is 0.333 bits per heavy atom. The largest absolute Gasteiger partial charge is 0.310 e. The summed E-state index contributed by atoms with van der Waals surface area (Å²) < 4.78 is 2.30. The van der Waals surface area contributed by atoms with Crippen LogP contribution in [0.15, 0.2) is 176 Å². The molecule has 7 nitrogen and oxygen atoms in total. The lowest BCUT2D eigenvalue weighted by Crippen LogP contribution is -2.10. The SMILES string of the molecule is N#Cc1ccc(N(c2ccc(C#N)cc2)c2ccc3cc4c5ccc(N(c6ccc(C#N)cc6)c6ccc(C#N)cc6)cc5n(-c5ccccc5)c4cc3c2)cc1. The molecule has 0 atom stereocenters. The normalized spacial score (nSPS) is 10.7. The molecule has 7 heteroatoms. The molecule has 0 N–H and O–H groups in total. The molecule has 0 bridgehead atoms. The summed E-state index contributed by atoms with van der Waals surface area (Å²) >= 11 is 0. The first-order chi connectivity index (χ1) is 28.0.